The number of hydrogen-bond acceptors (Lipinski definition) is 6. The predicted octanol–water partition coefficient (Wildman–Crippen LogP) is 3.45. The maximum Gasteiger partial charge on any atom is 0.183 e. The van der Waals surface area contributed by atoms with Gasteiger partial charge in [-0.3, -0.25) is 10.1 Å². The zero-order valence-electron chi connectivity index (χ0n) is 16.4. The van der Waals surface area contributed by atoms with Gasteiger partial charge in [-0.25, -0.2) is 9.97 Å². The van der Waals surface area contributed by atoms with Crippen LogP contribution < -0.4 is 10.6 Å². The van der Waals surface area contributed by atoms with E-state index >= 15 is 0 Å². The van der Waals surface area contributed by atoms with Gasteiger partial charge >= 0.3 is 0 Å². The van der Waals surface area contributed by atoms with Gasteiger partial charge in [0.15, 0.2) is 17.0 Å². The van der Waals surface area contributed by atoms with Crippen molar-refractivity contribution < 1.29 is 0 Å². The Labute approximate surface area is 164 Å². The minimum absolute atomic E-state index is 0.283. The molecule has 7 nitrogen and oxygen atoms in total. The summed E-state index contributed by atoms with van der Waals surface area (Å²) in [5.74, 6) is 1.31. The number of hydrogen-bond donors (Lipinski definition) is 2. The first-order chi connectivity index (χ1) is 13.7. The molecule has 146 valence electrons. The van der Waals surface area contributed by atoms with Crippen LogP contribution in [0.2, 0.25) is 0 Å². The number of fused-ring (bicyclic) bond motifs is 2. The van der Waals surface area contributed by atoms with Crippen LogP contribution >= 0.6 is 0 Å². The van der Waals surface area contributed by atoms with E-state index in [0.717, 1.165) is 85.7 Å². The molecule has 0 radical (unpaired) electrons. The van der Waals surface area contributed by atoms with Gasteiger partial charge in [-0.15, -0.1) is 0 Å². The molecular weight excluding hydrogens is 350 g/mol. The largest absolute Gasteiger partial charge is 0.330 e. The van der Waals surface area contributed by atoms with Crippen LogP contribution in [0, 0.1) is 5.41 Å². The minimum Gasteiger partial charge on any atom is -0.330 e. The highest BCUT2D eigenvalue weighted by Gasteiger charge is 2.31. The molecule has 0 spiro atoms. The van der Waals surface area contributed by atoms with E-state index in [2.05, 4.69) is 33.1 Å². The number of nitrogens with two attached hydrogens (primary N) is 1. The van der Waals surface area contributed by atoms with E-state index in [-0.39, 0.29) is 5.41 Å². The minimum atomic E-state index is 0.283. The van der Waals surface area contributed by atoms with Crippen LogP contribution in [0.25, 0.3) is 11.2 Å². The standard InChI is InChI=1S/C21H27N7/c1-21(13-22)8-6-14(7-9-21)16-12-24-18-19(25-16)26-27-20(18)28-11-3-4-15-17(28)5-2-10-23-15/h2,5,10,12,14H,3-4,6-9,11,13,22H2,1H3,(H,25,26,27)/t14-,21+. The van der Waals surface area contributed by atoms with Crippen molar-refractivity contribution in [3.8, 4) is 0 Å². The van der Waals surface area contributed by atoms with Gasteiger partial charge in [0.05, 0.1) is 17.1 Å². The van der Waals surface area contributed by atoms with E-state index in [4.69, 9.17) is 15.7 Å². The van der Waals surface area contributed by atoms with Gasteiger partial charge in [0, 0.05) is 24.9 Å². The number of anilines is 2. The molecule has 0 aromatic carbocycles. The van der Waals surface area contributed by atoms with Gasteiger partial charge in [0.2, 0.25) is 0 Å². The monoisotopic (exact) mass is 377 g/mol. The van der Waals surface area contributed by atoms with Crippen molar-refractivity contribution in [2.45, 2.75) is 51.4 Å². The highest BCUT2D eigenvalue weighted by molar-refractivity contribution is 5.86. The Morgan fingerprint density at radius 1 is 1.29 bits per heavy atom. The summed E-state index contributed by atoms with van der Waals surface area (Å²) >= 11 is 0. The van der Waals surface area contributed by atoms with E-state index in [1.54, 1.807) is 0 Å². The van der Waals surface area contributed by atoms with Crippen molar-refractivity contribution in [2.75, 3.05) is 18.0 Å². The van der Waals surface area contributed by atoms with Crippen LogP contribution in [0.5, 0.6) is 0 Å². The number of H-pyrrole nitrogens is 1. The lowest BCUT2D eigenvalue weighted by Gasteiger charge is -2.36. The van der Waals surface area contributed by atoms with Crippen LogP contribution in [0.1, 0.15) is 56.3 Å². The SMILES string of the molecule is C[C@]1(CN)CC[C@@H](c2cnc3c(N4CCCc5ncccc54)n[nH]c3n2)CC1. The highest BCUT2D eigenvalue weighted by atomic mass is 15.3. The number of aryl methyl sites for hydroxylation is 1. The molecule has 0 saturated heterocycles. The Bertz CT molecular complexity index is 987. The van der Waals surface area contributed by atoms with Crippen LogP contribution in [-0.2, 0) is 6.42 Å². The van der Waals surface area contributed by atoms with Crippen LogP contribution in [0.4, 0.5) is 11.5 Å². The molecule has 1 aliphatic carbocycles. The van der Waals surface area contributed by atoms with Crippen molar-refractivity contribution in [1.29, 1.82) is 0 Å². The third kappa shape index (κ3) is 2.94. The smallest absolute Gasteiger partial charge is 0.183 e. The Kier molecular flexibility index (Phi) is 4.27. The van der Waals surface area contributed by atoms with Crippen LogP contribution in [0.3, 0.4) is 0 Å². The summed E-state index contributed by atoms with van der Waals surface area (Å²) in [7, 11) is 0. The third-order valence-corrected chi connectivity index (χ3v) is 6.58. The van der Waals surface area contributed by atoms with Gasteiger partial charge in [-0.05, 0) is 62.6 Å². The zero-order chi connectivity index (χ0) is 19.1. The van der Waals surface area contributed by atoms with Gasteiger partial charge in [-0.2, -0.15) is 5.10 Å². The van der Waals surface area contributed by atoms with E-state index in [9.17, 15) is 0 Å². The molecule has 7 heteroatoms. The van der Waals surface area contributed by atoms with E-state index in [0.29, 0.717) is 5.92 Å². The number of aromatic amines is 1. The lowest BCUT2D eigenvalue weighted by Crippen LogP contribution is -2.31. The molecule has 4 heterocycles. The number of rotatable bonds is 3. The van der Waals surface area contributed by atoms with Crippen molar-refractivity contribution in [1.82, 2.24) is 25.1 Å². The normalized spacial score (nSPS) is 25.1. The summed E-state index contributed by atoms with van der Waals surface area (Å²) in [6.07, 6.45) is 10.4. The first-order valence-corrected chi connectivity index (χ1v) is 10.3. The second-order valence-electron chi connectivity index (χ2n) is 8.55. The topological polar surface area (TPSA) is 96.6 Å². The molecule has 0 atom stereocenters. The maximum absolute atomic E-state index is 5.95. The van der Waals surface area contributed by atoms with Gasteiger partial charge in [0.25, 0.3) is 0 Å². The third-order valence-electron chi connectivity index (χ3n) is 6.58. The van der Waals surface area contributed by atoms with E-state index < -0.39 is 0 Å². The van der Waals surface area contributed by atoms with Gasteiger partial charge in [0.1, 0.15) is 0 Å². The highest BCUT2D eigenvalue weighted by Crippen LogP contribution is 2.42. The Balaban J connectivity index is 1.44. The molecular formula is C21H27N7. The number of pyridine rings is 1. The fourth-order valence-electron chi connectivity index (χ4n) is 4.62. The predicted molar refractivity (Wildman–Crippen MR) is 110 cm³/mol. The zero-order valence-corrected chi connectivity index (χ0v) is 16.4. The van der Waals surface area contributed by atoms with Crippen molar-refractivity contribution in [2.24, 2.45) is 11.1 Å². The first-order valence-electron chi connectivity index (χ1n) is 10.3. The summed E-state index contributed by atoms with van der Waals surface area (Å²) in [4.78, 5) is 16.4. The fraction of sp³-hybridized carbons (Fsp3) is 0.524. The Morgan fingerprint density at radius 3 is 2.96 bits per heavy atom. The Hall–Kier alpha value is -2.54. The van der Waals surface area contributed by atoms with E-state index in [1.165, 1.54) is 0 Å². The maximum atomic E-state index is 5.95. The summed E-state index contributed by atoms with van der Waals surface area (Å²) in [6.45, 7) is 3.98. The molecule has 3 aromatic heterocycles. The molecule has 2 aliphatic rings. The molecule has 0 unspecified atom stereocenters. The van der Waals surface area contributed by atoms with Gasteiger partial charge < -0.3 is 10.6 Å². The molecule has 5 rings (SSSR count). The molecule has 1 fully saturated rings. The molecule has 3 aromatic rings. The lowest BCUT2D eigenvalue weighted by molar-refractivity contribution is 0.206. The lowest BCUT2D eigenvalue weighted by atomic mass is 9.71. The van der Waals surface area contributed by atoms with Crippen molar-refractivity contribution in [3.05, 3.63) is 35.9 Å². The number of nitrogens with one attached hydrogen (secondary N) is 1. The molecule has 1 aliphatic heterocycles. The van der Waals surface area contributed by atoms with Crippen LogP contribution in [0.15, 0.2) is 24.5 Å². The average Bonchev–Trinajstić information content (AvgIpc) is 3.17. The number of nitrogens with zero attached hydrogens (tertiary/aromatic N) is 5. The Morgan fingerprint density at radius 2 is 2.14 bits per heavy atom. The second-order valence-corrected chi connectivity index (χ2v) is 8.55. The summed E-state index contributed by atoms with van der Waals surface area (Å²) < 4.78 is 0. The fourth-order valence-corrected chi connectivity index (χ4v) is 4.62. The van der Waals surface area contributed by atoms with Crippen molar-refractivity contribution >= 4 is 22.7 Å². The molecule has 3 N–H and O–H groups in total. The summed E-state index contributed by atoms with van der Waals surface area (Å²) in [5.41, 5.74) is 11.2. The van der Waals surface area contributed by atoms with Crippen LogP contribution in [-0.4, -0.2) is 38.2 Å². The van der Waals surface area contributed by atoms with E-state index in [1.807, 2.05) is 18.5 Å². The summed E-state index contributed by atoms with van der Waals surface area (Å²) in [6, 6.07) is 4.09. The first kappa shape index (κ1) is 17.6. The quantitative estimate of drug-likeness (QED) is 0.726. The summed E-state index contributed by atoms with van der Waals surface area (Å²) in [5, 5.41) is 7.69. The molecule has 0 amide bonds. The number of aromatic nitrogens is 5. The van der Waals surface area contributed by atoms with Crippen molar-refractivity contribution in [3.63, 3.8) is 0 Å². The molecule has 28 heavy (non-hydrogen) atoms. The average molecular weight is 377 g/mol. The molecule has 0 bridgehead atoms. The second kappa shape index (κ2) is 6.81. The van der Waals surface area contributed by atoms with Gasteiger partial charge in [-0.1, -0.05) is 6.92 Å². The molecule has 1 saturated carbocycles.